The number of esters is 1. The minimum Gasteiger partial charge on any atom is -0.467 e. The topological polar surface area (TPSA) is 67.4 Å². The van der Waals surface area contributed by atoms with Gasteiger partial charge in [0.15, 0.2) is 0 Å². The quantitative estimate of drug-likeness (QED) is 0.492. The van der Waals surface area contributed by atoms with Crippen molar-refractivity contribution in [1.29, 1.82) is 0 Å². The summed E-state index contributed by atoms with van der Waals surface area (Å²) in [6.07, 6.45) is 0.582. The Balaban J connectivity index is 2.45. The van der Waals surface area contributed by atoms with Crippen molar-refractivity contribution >= 4 is 12.0 Å². The zero-order chi connectivity index (χ0) is 8.27. The van der Waals surface area contributed by atoms with Crippen molar-refractivity contribution in [1.82, 2.24) is 10.6 Å². The van der Waals surface area contributed by atoms with Gasteiger partial charge in [0.05, 0.1) is 7.11 Å². The summed E-state index contributed by atoms with van der Waals surface area (Å²) in [5.41, 5.74) is 0. The fourth-order valence-electron chi connectivity index (χ4n) is 0.931. The van der Waals surface area contributed by atoms with Crippen LogP contribution in [-0.2, 0) is 9.53 Å². The van der Waals surface area contributed by atoms with Gasteiger partial charge in [-0.25, -0.2) is 9.59 Å². The molecule has 1 heterocycles. The Bertz CT molecular complexity index is 181. The summed E-state index contributed by atoms with van der Waals surface area (Å²) >= 11 is 0. The fraction of sp³-hybridized carbons (Fsp3) is 0.667. The van der Waals surface area contributed by atoms with Gasteiger partial charge in [0.2, 0.25) is 0 Å². The van der Waals surface area contributed by atoms with Gasteiger partial charge in [-0.2, -0.15) is 0 Å². The van der Waals surface area contributed by atoms with E-state index < -0.39 is 6.04 Å². The molecule has 2 amide bonds. The minimum atomic E-state index is -0.478. The number of amides is 2. The van der Waals surface area contributed by atoms with Crippen molar-refractivity contribution in [2.24, 2.45) is 0 Å². The number of carbonyl (C=O) groups is 2. The van der Waals surface area contributed by atoms with Gasteiger partial charge in [-0.15, -0.1) is 0 Å². The van der Waals surface area contributed by atoms with Crippen LogP contribution in [-0.4, -0.2) is 31.7 Å². The molecule has 0 spiro atoms. The van der Waals surface area contributed by atoms with E-state index in [1.54, 1.807) is 0 Å². The van der Waals surface area contributed by atoms with Crippen LogP contribution in [0.15, 0.2) is 0 Å². The molecule has 1 saturated heterocycles. The molecule has 5 heteroatoms. The van der Waals surface area contributed by atoms with E-state index in [1.807, 2.05) is 0 Å². The van der Waals surface area contributed by atoms with Crippen LogP contribution in [0.25, 0.3) is 0 Å². The Kier molecular flexibility index (Phi) is 2.30. The van der Waals surface area contributed by atoms with E-state index in [2.05, 4.69) is 15.4 Å². The number of nitrogens with one attached hydrogen (secondary N) is 2. The summed E-state index contributed by atoms with van der Waals surface area (Å²) in [5, 5.41) is 4.98. The zero-order valence-electron chi connectivity index (χ0n) is 6.22. The largest absolute Gasteiger partial charge is 0.467 e. The third-order valence-corrected chi connectivity index (χ3v) is 1.51. The van der Waals surface area contributed by atoms with E-state index in [-0.39, 0.29) is 12.0 Å². The molecule has 62 valence electrons. The van der Waals surface area contributed by atoms with E-state index in [1.165, 1.54) is 7.11 Å². The SMILES string of the molecule is COC(=O)[C@@H]1CCNC(=O)N1. The molecule has 0 aromatic carbocycles. The molecule has 1 aliphatic heterocycles. The molecule has 0 bridgehead atoms. The van der Waals surface area contributed by atoms with Gasteiger partial charge in [0.1, 0.15) is 6.04 Å². The van der Waals surface area contributed by atoms with Gasteiger partial charge < -0.3 is 15.4 Å². The molecule has 2 N–H and O–H groups in total. The Labute approximate surface area is 64.1 Å². The fourth-order valence-corrected chi connectivity index (χ4v) is 0.931. The number of carbonyl (C=O) groups excluding carboxylic acids is 2. The molecular weight excluding hydrogens is 148 g/mol. The Hall–Kier alpha value is -1.26. The van der Waals surface area contributed by atoms with Crippen molar-refractivity contribution in [3.63, 3.8) is 0 Å². The summed E-state index contributed by atoms with van der Waals surface area (Å²) in [4.78, 5) is 21.5. The number of hydrogen-bond donors (Lipinski definition) is 2. The first kappa shape index (κ1) is 7.84. The van der Waals surface area contributed by atoms with E-state index in [0.717, 1.165) is 0 Å². The molecule has 0 unspecified atom stereocenters. The first-order valence-electron chi connectivity index (χ1n) is 3.36. The van der Waals surface area contributed by atoms with E-state index in [0.29, 0.717) is 13.0 Å². The number of urea groups is 1. The average Bonchev–Trinajstić information content (AvgIpc) is 2.03. The normalized spacial score (nSPS) is 23.4. The zero-order valence-corrected chi connectivity index (χ0v) is 6.22. The number of hydrogen-bond acceptors (Lipinski definition) is 3. The maximum atomic E-state index is 10.8. The van der Waals surface area contributed by atoms with Crippen molar-refractivity contribution in [3.8, 4) is 0 Å². The summed E-state index contributed by atoms with van der Waals surface area (Å²) in [7, 11) is 1.30. The lowest BCUT2D eigenvalue weighted by atomic mass is 10.2. The Morgan fingerprint density at radius 2 is 2.45 bits per heavy atom. The third kappa shape index (κ3) is 1.83. The highest BCUT2D eigenvalue weighted by atomic mass is 16.5. The van der Waals surface area contributed by atoms with Gasteiger partial charge in [0, 0.05) is 6.54 Å². The molecule has 5 nitrogen and oxygen atoms in total. The highest BCUT2D eigenvalue weighted by Crippen LogP contribution is 1.97. The van der Waals surface area contributed by atoms with Crippen molar-refractivity contribution in [2.75, 3.05) is 13.7 Å². The van der Waals surface area contributed by atoms with Crippen molar-refractivity contribution in [3.05, 3.63) is 0 Å². The van der Waals surface area contributed by atoms with Crippen LogP contribution in [0.2, 0.25) is 0 Å². The number of ether oxygens (including phenoxy) is 1. The van der Waals surface area contributed by atoms with Gasteiger partial charge in [-0.05, 0) is 6.42 Å². The van der Waals surface area contributed by atoms with Gasteiger partial charge in [0.25, 0.3) is 0 Å². The van der Waals surface area contributed by atoms with Gasteiger partial charge in [-0.1, -0.05) is 0 Å². The first-order valence-corrected chi connectivity index (χ1v) is 3.36. The maximum absolute atomic E-state index is 10.8. The second-order valence-corrected chi connectivity index (χ2v) is 2.26. The molecular formula is C6H10N2O3. The van der Waals surface area contributed by atoms with Crippen molar-refractivity contribution < 1.29 is 14.3 Å². The van der Waals surface area contributed by atoms with Crippen molar-refractivity contribution in [2.45, 2.75) is 12.5 Å². The van der Waals surface area contributed by atoms with Crippen LogP contribution < -0.4 is 10.6 Å². The minimum absolute atomic E-state index is 0.313. The smallest absolute Gasteiger partial charge is 0.328 e. The van der Waals surface area contributed by atoms with Crippen LogP contribution in [0.5, 0.6) is 0 Å². The average molecular weight is 158 g/mol. The molecule has 0 aromatic rings. The standard InChI is InChI=1S/C6H10N2O3/c1-11-5(9)4-2-3-7-6(10)8-4/h4H,2-3H2,1H3,(H2,7,8,10)/t4-/m0/s1. The van der Waals surface area contributed by atoms with Crippen LogP contribution in [0.4, 0.5) is 4.79 Å². The second-order valence-electron chi connectivity index (χ2n) is 2.26. The summed E-state index contributed by atoms with van der Waals surface area (Å²) < 4.78 is 4.46. The van der Waals surface area contributed by atoms with E-state index >= 15 is 0 Å². The molecule has 11 heavy (non-hydrogen) atoms. The molecule has 0 radical (unpaired) electrons. The maximum Gasteiger partial charge on any atom is 0.328 e. The number of rotatable bonds is 1. The lowest BCUT2D eigenvalue weighted by Gasteiger charge is -2.21. The highest BCUT2D eigenvalue weighted by molar-refractivity contribution is 5.84. The van der Waals surface area contributed by atoms with E-state index in [4.69, 9.17) is 0 Å². The third-order valence-electron chi connectivity index (χ3n) is 1.51. The lowest BCUT2D eigenvalue weighted by molar-refractivity contribution is -0.143. The monoisotopic (exact) mass is 158 g/mol. The molecule has 1 atom stereocenters. The first-order chi connectivity index (χ1) is 5.24. The summed E-state index contributed by atoms with van der Waals surface area (Å²) in [6, 6.07) is -0.791. The lowest BCUT2D eigenvalue weighted by Crippen LogP contribution is -2.52. The molecule has 1 fully saturated rings. The van der Waals surface area contributed by atoms with Crippen LogP contribution in [0.3, 0.4) is 0 Å². The van der Waals surface area contributed by atoms with E-state index in [9.17, 15) is 9.59 Å². The Morgan fingerprint density at radius 1 is 1.73 bits per heavy atom. The second kappa shape index (κ2) is 3.23. The molecule has 1 aliphatic rings. The highest BCUT2D eigenvalue weighted by Gasteiger charge is 2.24. The van der Waals surface area contributed by atoms with Gasteiger partial charge in [-0.3, -0.25) is 0 Å². The molecule has 0 saturated carbocycles. The van der Waals surface area contributed by atoms with Gasteiger partial charge >= 0.3 is 12.0 Å². The predicted molar refractivity (Wildman–Crippen MR) is 37.0 cm³/mol. The molecule has 0 aliphatic carbocycles. The van der Waals surface area contributed by atoms with Crippen LogP contribution >= 0.6 is 0 Å². The summed E-state index contributed by atoms with van der Waals surface area (Å²) in [6.45, 7) is 0.519. The predicted octanol–water partition coefficient (Wildman–Crippen LogP) is -0.769. The Morgan fingerprint density at radius 3 is 3.00 bits per heavy atom. The molecule has 0 aromatic heterocycles. The molecule has 1 rings (SSSR count). The number of methoxy groups -OCH3 is 1. The summed E-state index contributed by atoms with van der Waals surface area (Å²) in [5.74, 6) is -0.389. The van der Waals surface area contributed by atoms with Crippen LogP contribution in [0.1, 0.15) is 6.42 Å². The van der Waals surface area contributed by atoms with Crippen LogP contribution in [0, 0.1) is 0 Å².